The summed E-state index contributed by atoms with van der Waals surface area (Å²) in [5, 5.41) is 5.56. The molecule has 0 unspecified atom stereocenters. The lowest BCUT2D eigenvalue weighted by Gasteiger charge is -2.29. The maximum atomic E-state index is 6.15. The SMILES string of the molecule is Cn1cc2cc(N)c(N3CCCCC3)cc2n1. The Bertz CT molecular complexity index is 538. The predicted molar refractivity (Wildman–Crippen MR) is 71.2 cm³/mol. The number of nitrogen functional groups attached to an aromatic ring is 1. The average molecular weight is 230 g/mol. The Labute approximate surface area is 101 Å². The van der Waals surface area contributed by atoms with E-state index in [0.717, 1.165) is 35.4 Å². The van der Waals surface area contributed by atoms with Crippen LogP contribution in [-0.2, 0) is 7.05 Å². The first-order valence-electron chi connectivity index (χ1n) is 6.22. The van der Waals surface area contributed by atoms with Crippen molar-refractivity contribution >= 4 is 22.3 Å². The Morgan fingerprint density at radius 2 is 1.94 bits per heavy atom. The molecule has 0 saturated carbocycles. The van der Waals surface area contributed by atoms with Gasteiger partial charge >= 0.3 is 0 Å². The van der Waals surface area contributed by atoms with Crippen LogP contribution in [0.3, 0.4) is 0 Å². The molecule has 90 valence electrons. The molecular formula is C13H18N4. The van der Waals surface area contributed by atoms with Gasteiger partial charge in [-0.3, -0.25) is 4.68 Å². The van der Waals surface area contributed by atoms with E-state index < -0.39 is 0 Å². The highest BCUT2D eigenvalue weighted by atomic mass is 15.2. The van der Waals surface area contributed by atoms with Crippen LogP contribution in [0.1, 0.15) is 19.3 Å². The zero-order chi connectivity index (χ0) is 11.8. The van der Waals surface area contributed by atoms with Gasteiger partial charge in [0.25, 0.3) is 0 Å². The number of nitrogens with two attached hydrogens (primary N) is 1. The lowest BCUT2D eigenvalue weighted by molar-refractivity contribution is 0.578. The topological polar surface area (TPSA) is 47.1 Å². The van der Waals surface area contributed by atoms with E-state index in [2.05, 4.69) is 16.1 Å². The fourth-order valence-corrected chi connectivity index (χ4v) is 2.61. The lowest BCUT2D eigenvalue weighted by Crippen LogP contribution is -2.29. The van der Waals surface area contributed by atoms with Gasteiger partial charge in [-0.1, -0.05) is 0 Å². The molecule has 4 heteroatoms. The first-order valence-corrected chi connectivity index (χ1v) is 6.22. The highest BCUT2D eigenvalue weighted by Crippen LogP contribution is 2.30. The second-order valence-electron chi connectivity index (χ2n) is 4.82. The molecule has 1 aromatic carbocycles. The van der Waals surface area contributed by atoms with E-state index >= 15 is 0 Å². The van der Waals surface area contributed by atoms with Crippen molar-refractivity contribution in [2.75, 3.05) is 23.7 Å². The third-order valence-electron chi connectivity index (χ3n) is 3.46. The van der Waals surface area contributed by atoms with Gasteiger partial charge in [-0.05, 0) is 31.4 Å². The molecule has 3 rings (SSSR count). The van der Waals surface area contributed by atoms with Crippen LogP contribution in [0.4, 0.5) is 11.4 Å². The Morgan fingerprint density at radius 1 is 1.18 bits per heavy atom. The van der Waals surface area contributed by atoms with Crippen LogP contribution in [0, 0.1) is 0 Å². The molecule has 4 nitrogen and oxygen atoms in total. The van der Waals surface area contributed by atoms with E-state index in [1.54, 1.807) is 0 Å². The van der Waals surface area contributed by atoms with Crippen LogP contribution in [0.25, 0.3) is 10.9 Å². The number of aromatic nitrogens is 2. The molecule has 2 N–H and O–H groups in total. The number of rotatable bonds is 1. The minimum atomic E-state index is 0.868. The van der Waals surface area contributed by atoms with Crippen molar-refractivity contribution < 1.29 is 0 Å². The first kappa shape index (κ1) is 10.4. The van der Waals surface area contributed by atoms with Gasteiger partial charge in [-0.15, -0.1) is 0 Å². The van der Waals surface area contributed by atoms with Crippen LogP contribution in [0.2, 0.25) is 0 Å². The van der Waals surface area contributed by atoms with Crippen molar-refractivity contribution in [3.05, 3.63) is 18.3 Å². The summed E-state index contributed by atoms with van der Waals surface area (Å²) in [5.41, 5.74) is 9.19. The van der Waals surface area contributed by atoms with Gasteiger partial charge in [0.2, 0.25) is 0 Å². The molecule has 1 fully saturated rings. The van der Waals surface area contributed by atoms with Gasteiger partial charge in [-0.25, -0.2) is 0 Å². The molecule has 1 aromatic heterocycles. The zero-order valence-electron chi connectivity index (χ0n) is 10.2. The maximum absolute atomic E-state index is 6.15. The van der Waals surface area contributed by atoms with E-state index in [4.69, 9.17) is 5.73 Å². The van der Waals surface area contributed by atoms with Crippen LogP contribution in [0.5, 0.6) is 0 Å². The average Bonchev–Trinajstić information content (AvgIpc) is 2.68. The molecule has 0 atom stereocenters. The van der Waals surface area contributed by atoms with Crippen LogP contribution in [-0.4, -0.2) is 22.9 Å². The number of aryl methyl sites for hydroxylation is 1. The van der Waals surface area contributed by atoms with E-state index in [-0.39, 0.29) is 0 Å². The van der Waals surface area contributed by atoms with Crippen LogP contribution in [0.15, 0.2) is 18.3 Å². The van der Waals surface area contributed by atoms with E-state index in [9.17, 15) is 0 Å². The first-order chi connectivity index (χ1) is 8.24. The minimum absolute atomic E-state index is 0.868. The highest BCUT2D eigenvalue weighted by molar-refractivity contribution is 5.89. The molecular weight excluding hydrogens is 212 g/mol. The predicted octanol–water partition coefficient (Wildman–Crippen LogP) is 2.15. The molecule has 1 aliphatic heterocycles. The Morgan fingerprint density at radius 3 is 2.71 bits per heavy atom. The summed E-state index contributed by atoms with van der Waals surface area (Å²) < 4.78 is 1.84. The third kappa shape index (κ3) is 1.84. The molecule has 0 aliphatic carbocycles. The summed E-state index contributed by atoms with van der Waals surface area (Å²) >= 11 is 0. The smallest absolute Gasteiger partial charge is 0.0945 e. The molecule has 1 aliphatic rings. The van der Waals surface area contributed by atoms with Crippen LogP contribution < -0.4 is 10.6 Å². The molecule has 2 heterocycles. The number of hydrogen-bond acceptors (Lipinski definition) is 3. The Kier molecular flexibility index (Phi) is 2.42. The van der Waals surface area contributed by atoms with Gasteiger partial charge in [-0.2, -0.15) is 5.10 Å². The van der Waals surface area contributed by atoms with Gasteiger partial charge in [0.15, 0.2) is 0 Å². The third-order valence-corrected chi connectivity index (χ3v) is 3.46. The van der Waals surface area contributed by atoms with Crippen molar-refractivity contribution in [3.63, 3.8) is 0 Å². The highest BCUT2D eigenvalue weighted by Gasteiger charge is 2.14. The standard InChI is InChI=1S/C13H18N4/c1-16-9-10-7-11(14)13(8-12(10)15-16)17-5-3-2-4-6-17/h7-9H,2-6,14H2,1H3. The summed E-state index contributed by atoms with van der Waals surface area (Å²) in [5.74, 6) is 0. The van der Waals surface area contributed by atoms with E-state index in [1.165, 1.54) is 19.3 Å². The van der Waals surface area contributed by atoms with Crippen molar-refractivity contribution in [3.8, 4) is 0 Å². The number of nitrogens with zero attached hydrogens (tertiary/aromatic N) is 3. The minimum Gasteiger partial charge on any atom is -0.397 e. The molecule has 1 saturated heterocycles. The van der Waals surface area contributed by atoms with Crippen LogP contribution >= 0.6 is 0 Å². The zero-order valence-corrected chi connectivity index (χ0v) is 10.2. The van der Waals surface area contributed by atoms with Gasteiger partial charge in [0.05, 0.1) is 16.9 Å². The molecule has 0 amide bonds. The number of anilines is 2. The lowest BCUT2D eigenvalue weighted by atomic mass is 10.1. The summed E-state index contributed by atoms with van der Waals surface area (Å²) in [6, 6.07) is 4.16. The number of fused-ring (bicyclic) bond motifs is 1. The normalized spacial score (nSPS) is 16.6. The monoisotopic (exact) mass is 230 g/mol. The molecule has 2 aromatic rings. The van der Waals surface area contributed by atoms with Crippen molar-refractivity contribution in [2.24, 2.45) is 7.05 Å². The second kappa shape index (κ2) is 3.95. The number of piperidine rings is 1. The van der Waals surface area contributed by atoms with Crippen molar-refractivity contribution in [1.29, 1.82) is 0 Å². The van der Waals surface area contributed by atoms with Gasteiger partial charge < -0.3 is 10.6 Å². The molecule has 0 spiro atoms. The number of hydrogen-bond donors (Lipinski definition) is 1. The quantitative estimate of drug-likeness (QED) is 0.763. The van der Waals surface area contributed by atoms with E-state index in [0.29, 0.717) is 0 Å². The Hall–Kier alpha value is -1.71. The molecule has 17 heavy (non-hydrogen) atoms. The summed E-state index contributed by atoms with van der Waals surface area (Å²) in [6.07, 6.45) is 5.87. The fourth-order valence-electron chi connectivity index (χ4n) is 2.61. The molecule has 0 bridgehead atoms. The van der Waals surface area contributed by atoms with Crippen molar-refractivity contribution in [1.82, 2.24) is 9.78 Å². The molecule has 0 radical (unpaired) electrons. The van der Waals surface area contributed by atoms with E-state index in [1.807, 2.05) is 24.0 Å². The van der Waals surface area contributed by atoms with Gasteiger partial charge in [0, 0.05) is 31.7 Å². The summed E-state index contributed by atoms with van der Waals surface area (Å²) in [4.78, 5) is 2.38. The number of benzene rings is 1. The largest absolute Gasteiger partial charge is 0.397 e. The maximum Gasteiger partial charge on any atom is 0.0945 e. The Balaban J connectivity index is 2.05. The fraction of sp³-hybridized carbons (Fsp3) is 0.462. The second-order valence-corrected chi connectivity index (χ2v) is 4.82. The van der Waals surface area contributed by atoms with Gasteiger partial charge in [0.1, 0.15) is 0 Å². The summed E-state index contributed by atoms with van der Waals surface area (Å²) in [7, 11) is 1.94. The summed E-state index contributed by atoms with van der Waals surface area (Å²) in [6.45, 7) is 2.23. The van der Waals surface area contributed by atoms with Crippen molar-refractivity contribution in [2.45, 2.75) is 19.3 Å².